The zero-order valence-electron chi connectivity index (χ0n) is 6.34. The standard InChI is InChI=1S/C7H10O5/c1-3-5(8)11-6(4-2)12-7(9)10/h3-6,8H,1-2H2,(H,9,10). The summed E-state index contributed by atoms with van der Waals surface area (Å²) in [6, 6.07) is 0. The van der Waals surface area contributed by atoms with Crippen molar-refractivity contribution in [2.75, 3.05) is 0 Å². The molecule has 0 aromatic carbocycles. The number of rotatable bonds is 5. The van der Waals surface area contributed by atoms with E-state index in [2.05, 4.69) is 22.6 Å². The van der Waals surface area contributed by atoms with Gasteiger partial charge in [-0.2, -0.15) is 0 Å². The second-order valence-electron chi connectivity index (χ2n) is 1.75. The lowest BCUT2D eigenvalue weighted by molar-refractivity contribution is -0.170. The molecule has 0 amide bonds. The van der Waals surface area contributed by atoms with Crippen molar-refractivity contribution in [3.05, 3.63) is 25.3 Å². The van der Waals surface area contributed by atoms with E-state index in [1.165, 1.54) is 0 Å². The monoisotopic (exact) mass is 174 g/mol. The van der Waals surface area contributed by atoms with Gasteiger partial charge in [-0.05, 0) is 12.2 Å². The smallest absolute Gasteiger partial charge is 0.450 e. The van der Waals surface area contributed by atoms with Gasteiger partial charge in [0.15, 0.2) is 6.29 Å². The van der Waals surface area contributed by atoms with Crippen LogP contribution < -0.4 is 0 Å². The molecule has 68 valence electrons. The zero-order chi connectivity index (χ0) is 9.56. The van der Waals surface area contributed by atoms with Gasteiger partial charge >= 0.3 is 6.16 Å². The largest absolute Gasteiger partial charge is 0.508 e. The molecule has 0 radical (unpaired) electrons. The van der Waals surface area contributed by atoms with Crippen molar-refractivity contribution in [3.63, 3.8) is 0 Å². The molecule has 2 N–H and O–H groups in total. The molecule has 5 nitrogen and oxygen atoms in total. The van der Waals surface area contributed by atoms with Crippen LogP contribution in [0.4, 0.5) is 4.79 Å². The van der Waals surface area contributed by atoms with Gasteiger partial charge in [-0.3, -0.25) is 0 Å². The third-order valence-electron chi connectivity index (χ3n) is 0.885. The Kier molecular flexibility index (Phi) is 4.75. The van der Waals surface area contributed by atoms with Crippen LogP contribution in [0.15, 0.2) is 25.3 Å². The number of aliphatic hydroxyl groups excluding tert-OH is 1. The van der Waals surface area contributed by atoms with Gasteiger partial charge in [-0.15, -0.1) is 0 Å². The lowest BCUT2D eigenvalue weighted by Crippen LogP contribution is -2.23. The summed E-state index contributed by atoms with van der Waals surface area (Å²) < 4.78 is 8.72. The Hall–Kier alpha value is -1.33. The molecular formula is C7H10O5. The van der Waals surface area contributed by atoms with Gasteiger partial charge in [0.25, 0.3) is 0 Å². The maximum Gasteiger partial charge on any atom is 0.508 e. The maximum absolute atomic E-state index is 9.98. The highest BCUT2D eigenvalue weighted by Gasteiger charge is 2.12. The van der Waals surface area contributed by atoms with E-state index in [1.807, 2.05) is 0 Å². The fourth-order valence-corrected chi connectivity index (χ4v) is 0.424. The molecular weight excluding hydrogens is 164 g/mol. The van der Waals surface area contributed by atoms with Crippen LogP contribution in [0.25, 0.3) is 0 Å². The average molecular weight is 174 g/mol. The van der Waals surface area contributed by atoms with Gasteiger partial charge < -0.3 is 19.7 Å². The number of aliphatic hydroxyl groups is 1. The Morgan fingerprint density at radius 1 is 1.42 bits per heavy atom. The van der Waals surface area contributed by atoms with Gasteiger partial charge in [0.1, 0.15) is 0 Å². The summed E-state index contributed by atoms with van der Waals surface area (Å²) in [7, 11) is 0. The Balaban J connectivity index is 3.90. The predicted octanol–water partition coefficient (Wildman–Crippen LogP) is 0.714. The van der Waals surface area contributed by atoms with Crippen molar-refractivity contribution >= 4 is 6.16 Å². The minimum Gasteiger partial charge on any atom is -0.450 e. The Morgan fingerprint density at radius 2 is 2.00 bits per heavy atom. The lowest BCUT2D eigenvalue weighted by atomic mass is 10.6. The molecule has 0 aliphatic carbocycles. The van der Waals surface area contributed by atoms with Crippen molar-refractivity contribution in [2.24, 2.45) is 0 Å². The summed E-state index contributed by atoms with van der Waals surface area (Å²) in [4.78, 5) is 9.98. The molecule has 2 atom stereocenters. The third kappa shape index (κ3) is 4.48. The van der Waals surface area contributed by atoms with Crippen LogP contribution in [0.3, 0.4) is 0 Å². The van der Waals surface area contributed by atoms with E-state index < -0.39 is 18.7 Å². The van der Waals surface area contributed by atoms with E-state index in [9.17, 15) is 4.79 Å². The summed E-state index contributed by atoms with van der Waals surface area (Å²) in [5.74, 6) is 0. The molecule has 0 bridgehead atoms. The first-order chi connectivity index (χ1) is 5.60. The fraction of sp³-hybridized carbons (Fsp3) is 0.286. The van der Waals surface area contributed by atoms with Crippen molar-refractivity contribution in [1.29, 1.82) is 0 Å². The molecule has 0 rings (SSSR count). The van der Waals surface area contributed by atoms with E-state index in [0.29, 0.717) is 0 Å². The van der Waals surface area contributed by atoms with Crippen LogP contribution in [-0.2, 0) is 9.47 Å². The van der Waals surface area contributed by atoms with Crippen LogP contribution >= 0.6 is 0 Å². The number of carbonyl (C=O) groups is 1. The van der Waals surface area contributed by atoms with Crippen molar-refractivity contribution in [1.82, 2.24) is 0 Å². The summed E-state index contributed by atoms with van der Waals surface area (Å²) >= 11 is 0. The van der Waals surface area contributed by atoms with E-state index in [0.717, 1.165) is 12.2 Å². The van der Waals surface area contributed by atoms with Crippen molar-refractivity contribution < 1.29 is 24.5 Å². The quantitative estimate of drug-likeness (QED) is 0.364. The van der Waals surface area contributed by atoms with Gasteiger partial charge in [0, 0.05) is 0 Å². The molecule has 0 fully saturated rings. The first-order valence-electron chi connectivity index (χ1n) is 3.08. The van der Waals surface area contributed by atoms with Crippen LogP contribution in [0.5, 0.6) is 0 Å². The molecule has 0 aliphatic heterocycles. The summed E-state index contributed by atoms with van der Waals surface area (Å²) in [6.07, 6.45) is -1.78. The number of ether oxygens (including phenoxy) is 2. The SMILES string of the molecule is C=CC(O)OC(C=C)OC(=O)O. The Morgan fingerprint density at radius 3 is 2.33 bits per heavy atom. The maximum atomic E-state index is 9.98. The van der Waals surface area contributed by atoms with E-state index in [1.54, 1.807) is 0 Å². The summed E-state index contributed by atoms with van der Waals surface area (Å²) in [5.41, 5.74) is 0. The van der Waals surface area contributed by atoms with E-state index in [4.69, 9.17) is 10.2 Å². The molecule has 0 saturated heterocycles. The molecule has 0 heterocycles. The third-order valence-corrected chi connectivity index (χ3v) is 0.885. The highest BCUT2D eigenvalue weighted by molar-refractivity contribution is 5.57. The van der Waals surface area contributed by atoms with Gasteiger partial charge in [-0.1, -0.05) is 13.2 Å². The highest BCUT2D eigenvalue weighted by Crippen LogP contribution is 2.00. The predicted molar refractivity (Wildman–Crippen MR) is 40.4 cm³/mol. The minimum absolute atomic E-state index is 1.09. The lowest BCUT2D eigenvalue weighted by Gasteiger charge is -2.14. The van der Waals surface area contributed by atoms with Crippen LogP contribution in [0.2, 0.25) is 0 Å². The molecule has 0 saturated carbocycles. The molecule has 2 unspecified atom stereocenters. The molecule has 5 heteroatoms. The van der Waals surface area contributed by atoms with E-state index >= 15 is 0 Å². The molecule has 12 heavy (non-hydrogen) atoms. The molecule has 0 aromatic rings. The molecule has 0 aliphatic rings. The average Bonchev–Trinajstić information content (AvgIpc) is 2.02. The van der Waals surface area contributed by atoms with Crippen LogP contribution in [-0.4, -0.2) is 28.9 Å². The second kappa shape index (κ2) is 5.34. The summed E-state index contributed by atoms with van der Waals surface area (Å²) in [5, 5.41) is 17.0. The second-order valence-corrected chi connectivity index (χ2v) is 1.75. The molecule has 0 aromatic heterocycles. The minimum atomic E-state index is -1.50. The van der Waals surface area contributed by atoms with Gasteiger partial charge in [0.2, 0.25) is 6.29 Å². The number of hydrogen-bond acceptors (Lipinski definition) is 4. The van der Waals surface area contributed by atoms with Crippen LogP contribution in [0.1, 0.15) is 0 Å². The summed E-state index contributed by atoms with van der Waals surface area (Å²) in [6.45, 7) is 6.46. The van der Waals surface area contributed by atoms with Crippen LogP contribution in [0, 0.1) is 0 Å². The Labute approximate surface area is 69.5 Å². The van der Waals surface area contributed by atoms with Crippen molar-refractivity contribution in [3.8, 4) is 0 Å². The number of carboxylic acid groups (broad SMARTS) is 1. The highest BCUT2D eigenvalue weighted by atomic mass is 16.8. The fourth-order valence-electron chi connectivity index (χ4n) is 0.424. The van der Waals surface area contributed by atoms with E-state index in [-0.39, 0.29) is 0 Å². The van der Waals surface area contributed by atoms with Crippen molar-refractivity contribution in [2.45, 2.75) is 12.6 Å². The first kappa shape index (κ1) is 10.7. The first-order valence-corrected chi connectivity index (χ1v) is 3.08. The Bertz CT molecular complexity index is 177. The number of hydrogen-bond donors (Lipinski definition) is 2. The normalized spacial score (nSPS) is 14.4. The zero-order valence-corrected chi connectivity index (χ0v) is 6.34. The topological polar surface area (TPSA) is 76.0 Å². The van der Waals surface area contributed by atoms with Gasteiger partial charge in [0.05, 0.1) is 0 Å². The molecule has 0 spiro atoms. The van der Waals surface area contributed by atoms with Gasteiger partial charge in [-0.25, -0.2) is 4.79 Å².